The third kappa shape index (κ3) is 3.14. The number of benzene rings is 1. The van der Waals surface area contributed by atoms with Gasteiger partial charge in [0.2, 0.25) is 5.03 Å². The number of hydrogen-bond donors (Lipinski definition) is 2. The molecule has 4 rings (SSSR count). The lowest BCUT2D eigenvalue weighted by atomic mass is 10.1. The highest BCUT2D eigenvalue weighted by atomic mass is 32.2. The Hall–Kier alpha value is -2.69. The average molecular weight is 372 g/mol. The van der Waals surface area contributed by atoms with E-state index in [1.807, 2.05) is 29.6 Å². The largest absolute Gasteiger partial charge is 0.260 e. The van der Waals surface area contributed by atoms with Crippen molar-refractivity contribution in [2.75, 3.05) is 0 Å². The van der Waals surface area contributed by atoms with Crippen LogP contribution in [-0.4, -0.2) is 33.2 Å². The summed E-state index contributed by atoms with van der Waals surface area (Å²) in [5.41, 5.74) is 3.00. The maximum absolute atomic E-state index is 12.5. The van der Waals surface area contributed by atoms with E-state index in [1.165, 1.54) is 11.5 Å². The van der Waals surface area contributed by atoms with Gasteiger partial charge in [0.25, 0.3) is 10.0 Å². The summed E-state index contributed by atoms with van der Waals surface area (Å²) in [5, 5.41) is 12.8. The van der Waals surface area contributed by atoms with Crippen LogP contribution >= 0.6 is 11.5 Å². The number of pyridine rings is 1. The van der Waals surface area contributed by atoms with Gasteiger partial charge < -0.3 is 0 Å². The normalized spacial score (nSPS) is 11.8. The lowest BCUT2D eigenvalue weighted by Crippen LogP contribution is -2.23. The van der Waals surface area contributed by atoms with Crippen molar-refractivity contribution in [2.24, 2.45) is 0 Å². The van der Waals surface area contributed by atoms with Crippen LogP contribution in [0, 0.1) is 0 Å². The first-order valence-corrected chi connectivity index (χ1v) is 9.60. The van der Waals surface area contributed by atoms with Crippen molar-refractivity contribution in [3.05, 3.63) is 53.5 Å². The number of rotatable bonds is 5. The maximum atomic E-state index is 12.5. The minimum atomic E-state index is -3.75. The molecule has 3 aromatic heterocycles. The van der Waals surface area contributed by atoms with E-state index in [9.17, 15) is 8.42 Å². The first kappa shape index (κ1) is 15.8. The molecule has 25 heavy (non-hydrogen) atoms. The van der Waals surface area contributed by atoms with E-state index in [1.54, 1.807) is 18.3 Å². The zero-order chi connectivity index (χ0) is 17.3. The number of aromatic nitrogens is 5. The number of sulfonamides is 1. The van der Waals surface area contributed by atoms with E-state index in [0.29, 0.717) is 11.0 Å². The molecule has 0 unspecified atom stereocenters. The molecule has 0 amide bonds. The highest BCUT2D eigenvalue weighted by Gasteiger charge is 2.21. The number of H-pyrrole nitrogens is 1. The minimum absolute atomic E-state index is 0.0548. The summed E-state index contributed by atoms with van der Waals surface area (Å²) in [6.07, 6.45) is 1.57. The summed E-state index contributed by atoms with van der Waals surface area (Å²) in [4.78, 5) is 4.05. The molecule has 0 saturated heterocycles. The lowest BCUT2D eigenvalue weighted by Gasteiger charge is -2.05. The molecule has 2 N–H and O–H groups in total. The smallest absolute Gasteiger partial charge is 0.259 e. The van der Waals surface area contributed by atoms with Crippen molar-refractivity contribution in [3.63, 3.8) is 0 Å². The van der Waals surface area contributed by atoms with Gasteiger partial charge in [-0.3, -0.25) is 5.10 Å². The van der Waals surface area contributed by atoms with Crippen LogP contribution < -0.4 is 4.72 Å². The second kappa shape index (κ2) is 6.31. The second-order valence-electron chi connectivity index (χ2n) is 5.24. The molecule has 4 aromatic rings. The number of hydrogen-bond acceptors (Lipinski definition) is 7. The first-order chi connectivity index (χ1) is 12.1. The van der Waals surface area contributed by atoms with Crippen molar-refractivity contribution in [1.82, 2.24) is 29.5 Å². The molecule has 0 radical (unpaired) electrons. The monoisotopic (exact) mass is 372 g/mol. The number of fused-ring (bicyclic) bond motifs is 1. The number of nitrogens with one attached hydrogen (secondary N) is 2. The summed E-state index contributed by atoms with van der Waals surface area (Å²) < 4.78 is 31.4. The lowest BCUT2D eigenvalue weighted by molar-refractivity contribution is 0.578. The van der Waals surface area contributed by atoms with Crippen molar-refractivity contribution in [3.8, 4) is 11.3 Å². The Bertz CT molecular complexity index is 1100. The van der Waals surface area contributed by atoms with Gasteiger partial charge in [-0.1, -0.05) is 28.8 Å². The van der Waals surface area contributed by atoms with Gasteiger partial charge in [0.05, 0.1) is 5.39 Å². The van der Waals surface area contributed by atoms with Gasteiger partial charge in [-0.25, -0.2) is 18.1 Å². The van der Waals surface area contributed by atoms with Crippen LogP contribution in [0.4, 0.5) is 0 Å². The van der Waals surface area contributed by atoms with E-state index in [-0.39, 0.29) is 11.6 Å². The van der Waals surface area contributed by atoms with Gasteiger partial charge in [0.1, 0.15) is 5.69 Å². The Labute approximate surface area is 147 Å². The van der Waals surface area contributed by atoms with Crippen LogP contribution in [0.3, 0.4) is 0 Å². The highest BCUT2D eigenvalue weighted by molar-refractivity contribution is 7.89. The molecule has 0 aliphatic heterocycles. The highest BCUT2D eigenvalue weighted by Crippen LogP contribution is 2.20. The van der Waals surface area contributed by atoms with E-state index in [0.717, 1.165) is 16.8 Å². The summed E-state index contributed by atoms with van der Waals surface area (Å²) in [6, 6.07) is 10.8. The summed E-state index contributed by atoms with van der Waals surface area (Å²) in [6.45, 7) is 0.159. The van der Waals surface area contributed by atoms with Crippen LogP contribution in [0.25, 0.3) is 22.3 Å². The molecule has 126 valence electrons. The van der Waals surface area contributed by atoms with Gasteiger partial charge >= 0.3 is 0 Å². The topological polar surface area (TPSA) is 114 Å². The quantitative estimate of drug-likeness (QED) is 0.553. The molecule has 0 aliphatic rings. The Morgan fingerprint density at radius 3 is 2.76 bits per heavy atom. The minimum Gasteiger partial charge on any atom is -0.259 e. The number of aromatic amines is 1. The average Bonchev–Trinajstić information content (AvgIpc) is 3.30. The molecule has 0 saturated carbocycles. The van der Waals surface area contributed by atoms with Gasteiger partial charge in [-0.15, -0.1) is 5.10 Å². The number of nitrogens with zero attached hydrogens (tertiary/aromatic N) is 4. The summed E-state index contributed by atoms with van der Waals surface area (Å²) in [5.74, 6) is 0. The van der Waals surface area contributed by atoms with Crippen LogP contribution in [0.5, 0.6) is 0 Å². The van der Waals surface area contributed by atoms with Gasteiger partial charge in [0, 0.05) is 23.7 Å². The molecule has 0 atom stereocenters. The van der Waals surface area contributed by atoms with Gasteiger partial charge in [-0.2, -0.15) is 5.10 Å². The summed E-state index contributed by atoms with van der Waals surface area (Å²) in [7, 11) is -3.75. The van der Waals surface area contributed by atoms with Crippen LogP contribution in [-0.2, 0) is 16.6 Å². The Morgan fingerprint density at radius 2 is 2.00 bits per heavy atom. The first-order valence-electron chi connectivity index (χ1n) is 7.28. The molecule has 0 spiro atoms. The zero-order valence-corrected chi connectivity index (χ0v) is 14.4. The third-order valence-electron chi connectivity index (χ3n) is 3.63. The molecular weight excluding hydrogens is 360 g/mol. The van der Waals surface area contributed by atoms with E-state index >= 15 is 0 Å². The SMILES string of the molecule is O=S(=O)(NCc1ccc(-c2csnn2)cc1)c1n[nH]c2ncccc12. The predicted octanol–water partition coefficient (Wildman–Crippen LogP) is 1.95. The Kier molecular flexibility index (Phi) is 3.99. The fourth-order valence-corrected chi connectivity index (χ4v) is 3.94. The Balaban J connectivity index is 1.52. The standard InChI is InChI=1S/C15H12N6O2S2/c22-25(23,15-12-2-1-7-16-14(12)19-20-15)17-8-10-3-5-11(6-4-10)13-9-24-21-18-13/h1-7,9,17H,8H2,(H,16,19,20). The molecule has 0 bridgehead atoms. The van der Waals surface area contributed by atoms with Crippen LogP contribution in [0.1, 0.15) is 5.56 Å². The van der Waals surface area contributed by atoms with E-state index < -0.39 is 10.0 Å². The molecule has 10 heteroatoms. The fraction of sp³-hybridized carbons (Fsp3) is 0.0667. The molecule has 3 heterocycles. The molecule has 0 fully saturated rings. The second-order valence-corrected chi connectivity index (χ2v) is 7.53. The predicted molar refractivity (Wildman–Crippen MR) is 93.3 cm³/mol. The maximum Gasteiger partial charge on any atom is 0.260 e. The van der Waals surface area contributed by atoms with Crippen LogP contribution in [0.2, 0.25) is 0 Å². The van der Waals surface area contributed by atoms with E-state index in [4.69, 9.17) is 0 Å². The molecular formula is C15H12N6O2S2. The van der Waals surface area contributed by atoms with Crippen molar-refractivity contribution in [1.29, 1.82) is 0 Å². The zero-order valence-electron chi connectivity index (χ0n) is 12.7. The van der Waals surface area contributed by atoms with E-state index in [2.05, 4.69) is 29.5 Å². The van der Waals surface area contributed by atoms with Crippen LogP contribution in [0.15, 0.2) is 53.0 Å². The van der Waals surface area contributed by atoms with Gasteiger partial charge in [-0.05, 0) is 29.2 Å². The van der Waals surface area contributed by atoms with Crippen molar-refractivity contribution < 1.29 is 8.42 Å². The van der Waals surface area contributed by atoms with Crippen molar-refractivity contribution in [2.45, 2.75) is 11.6 Å². The van der Waals surface area contributed by atoms with Crippen molar-refractivity contribution >= 4 is 32.6 Å². The fourth-order valence-electron chi connectivity index (χ4n) is 2.37. The molecule has 8 nitrogen and oxygen atoms in total. The summed E-state index contributed by atoms with van der Waals surface area (Å²) >= 11 is 1.28. The van der Waals surface area contributed by atoms with Gasteiger partial charge in [0.15, 0.2) is 5.65 Å². The third-order valence-corrected chi connectivity index (χ3v) is 5.48. The molecule has 1 aromatic carbocycles. The Morgan fingerprint density at radius 1 is 1.16 bits per heavy atom. The molecule has 0 aliphatic carbocycles.